The molecule has 2 aliphatic rings. The molecule has 4 unspecified atom stereocenters. The third kappa shape index (κ3) is 13.0. The molecule has 2 heterocycles. The van der Waals surface area contributed by atoms with Gasteiger partial charge in [-0.3, -0.25) is 9.59 Å². The molecule has 2 aliphatic heterocycles. The lowest BCUT2D eigenvalue weighted by Gasteiger charge is -2.43. The maximum atomic E-state index is 10.6. The molecule has 10 heteroatoms. The largest absolute Gasteiger partial charge is 0.394 e. The molecule has 0 aromatic heterocycles. The summed E-state index contributed by atoms with van der Waals surface area (Å²) in [7, 11) is 0. The van der Waals surface area contributed by atoms with Gasteiger partial charge in [0.2, 0.25) is 11.8 Å². The molecule has 0 spiro atoms. The highest BCUT2D eigenvalue weighted by Crippen LogP contribution is 2.36. The average molecular weight is 612 g/mol. The Morgan fingerprint density at radius 1 is 0.789 bits per heavy atom. The quantitative estimate of drug-likeness (QED) is 0.206. The van der Waals surface area contributed by atoms with Crippen LogP contribution in [-0.2, 0) is 23.8 Å². The number of hydrogen-bond donors (Lipinski definition) is 4. The van der Waals surface area contributed by atoms with Crippen molar-refractivity contribution in [1.29, 1.82) is 0 Å². The summed E-state index contributed by atoms with van der Waals surface area (Å²) in [6.45, 7) is 16.0. The van der Waals surface area contributed by atoms with Crippen LogP contribution in [0.1, 0.15) is 80.6 Å². The number of carbonyl (C=O) groups is 2. The fourth-order valence-electron chi connectivity index (χ4n) is 5.00. The number of rotatable bonds is 11. The monoisotopic (exact) mass is 610 g/mol. The molecule has 2 fully saturated rings. The Bertz CT molecular complexity index is 635. The number of carbonyl (C=O) groups excluding carboxylic acids is 2. The summed E-state index contributed by atoms with van der Waals surface area (Å²) in [5.41, 5.74) is 9.79. The van der Waals surface area contributed by atoms with E-state index in [9.17, 15) is 14.7 Å². The topological polar surface area (TPSA) is 154 Å². The first-order chi connectivity index (χ1) is 17.9. The van der Waals surface area contributed by atoms with Gasteiger partial charge in [-0.2, -0.15) is 0 Å². The molecule has 2 amide bonds. The van der Waals surface area contributed by atoms with Crippen molar-refractivity contribution in [3.63, 3.8) is 0 Å². The lowest BCUT2D eigenvalue weighted by atomic mass is 9.76. The maximum Gasteiger partial charge on any atom is 0.218 e. The van der Waals surface area contributed by atoms with Gasteiger partial charge in [-0.1, -0.05) is 64.4 Å². The van der Waals surface area contributed by atoms with Gasteiger partial charge in [0.1, 0.15) is 0 Å². The SMILES string of the molecule is CC[C@H]1O[C@@H](CO)C(C)[C@@H](C)C1C.CC[C@H]1O[C@@H](COCCCC(N)=O)C(C)[C@@H](O)C1C.NC(=O)CCBr. The fourth-order valence-corrected chi connectivity index (χ4v) is 5.39. The zero-order valence-corrected chi connectivity index (χ0v) is 26.2. The third-order valence-corrected chi connectivity index (χ3v) is 8.50. The van der Waals surface area contributed by atoms with E-state index in [0.717, 1.165) is 12.8 Å². The molecule has 0 bridgehead atoms. The van der Waals surface area contributed by atoms with Crippen LogP contribution < -0.4 is 11.5 Å². The van der Waals surface area contributed by atoms with Crippen LogP contribution in [-0.4, -0.2) is 77.7 Å². The molecule has 9 nitrogen and oxygen atoms in total. The molecule has 2 saturated heterocycles. The number of halogens is 1. The van der Waals surface area contributed by atoms with E-state index >= 15 is 0 Å². The number of aliphatic hydroxyl groups is 2. The minimum absolute atomic E-state index is 0.0520. The van der Waals surface area contributed by atoms with Crippen molar-refractivity contribution < 1.29 is 34.0 Å². The van der Waals surface area contributed by atoms with Crippen LogP contribution in [0.5, 0.6) is 0 Å². The summed E-state index contributed by atoms with van der Waals surface area (Å²) in [6, 6.07) is 0. The van der Waals surface area contributed by atoms with E-state index in [-0.39, 0.29) is 54.7 Å². The molecule has 226 valence electrons. The lowest BCUT2D eigenvalue weighted by molar-refractivity contribution is -0.180. The Balaban J connectivity index is 0.000000620. The van der Waals surface area contributed by atoms with Crippen LogP contribution in [0, 0.1) is 29.6 Å². The van der Waals surface area contributed by atoms with E-state index in [1.807, 2.05) is 13.8 Å². The van der Waals surface area contributed by atoms with E-state index in [4.69, 9.17) is 30.8 Å². The molecule has 6 N–H and O–H groups in total. The molecule has 2 rings (SSSR count). The van der Waals surface area contributed by atoms with Gasteiger partial charge in [-0.25, -0.2) is 0 Å². The predicted octanol–water partition coefficient (Wildman–Crippen LogP) is 3.40. The van der Waals surface area contributed by atoms with E-state index < -0.39 is 0 Å². The van der Waals surface area contributed by atoms with Gasteiger partial charge in [0, 0.05) is 36.6 Å². The van der Waals surface area contributed by atoms with Crippen LogP contribution >= 0.6 is 15.9 Å². The summed E-state index contributed by atoms with van der Waals surface area (Å²) in [4.78, 5) is 20.4. The van der Waals surface area contributed by atoms with Gasteiger partial charge in [0.05, 0.1) is 43.7 Å². The van der Waals surface area contributed by atoms with Crippen LogP contribution in [0.25, 0.3) is 0 Å². The zero-order valence-electron chi connectivity index (χ0n) is 24.6. The number of amides is 2. The second-order valence-electron chi connectivity index (χ2n) is 10.8. The van der Waals surface area contributed by atoms with Crippen LogP contribution in [0.4, 0.5) is 0 Å². The molecule has 38 heavy (non-hydrogen) atoms. The number of hydrogen-bond acceptors (Lipinski definition) is 7. The van der Waals surface area contributed by atoms with Crippen molar-refractivity contribution in [3.8, 4) is 0 Å². The fraction of sp³-hybridized carbons (Fsp3) is 0.929. The minimum Gasteiger partial charge on any atom is -0.394 e. The lowest BCUT2D eigenvalue weighted by Crippen LogP contribution is -2.50. The highest BCUT2D eigenvalue weighted by molar-refractivity contribution is 9.09. The number of nitrogens with two attached hydrogens (primary N) is 2. The van der Waals surface area contributed by atoms with Crippen molar-refractivity contribution in [2.75, 3.05) is 25.2 Å². The molecule has 0 radical (unpaired) electrons. The molecular weight excluding hydrogens is 556 g/mol. The van der Waals surface area contributed by atoms with E-state index in [0.29, 0.717) is 61.7 Å². The second kappa shape index (κ2) is 20.2. The van der Waals surface area contributed by atoms with E-state index in [1.54, 1.807) is 0 Å². The van der Waals surface area contributed by atoms with Crippen molar-refractivity contribution >= 4 is 27.7 Å². The van der Waals surface area contributed by atoms with Crippen molar-refractivity contribution in [3.05, 3.63) is 0 Å². The van der Waals surface area contributed by atoms with Crippen molar-refractivity contribution in [1.82, 2.24) is 0 Å². The Hall–Kier alpha value is -0.780. The van der Waals surface area contributed by atoms with Gasteiger partial charge in [-0.05, 0) is 37.0 Å². The predicted molar refractivity (Wildman–Crippen MR) is 154 cm³/mol. The smallest absolute Gasteiger partial charge is 0.218 e. The first-order valence-electron chi connectivity index (χ1n) is 14.2. The number of aliphatic hydroxyl groups excluding tert-OH is 2. The van der Waals surface area contributed by atoms with Crippen LogP contribution in [0.15, 0.2) is 0 Å². The highest BCUT2D eigenvalue weighted by atomic mass is 79.9. The molecule has 0 aromatic carbocycles. The van der Waals surface area contributed by atoms with Crippen molar-refractivity contribution in [2.24, 2.45) is 41.1 Å². The Kier molecular flexibility index (Phi) is 19.7. The molecule has 0 saturated carbocycles. The summed E-state index contributed by atoms with van der Waals surface area (Å²) in [6.07, 6.45) is 3.40. The first-order valence-corrected chi connectivity index (χ1v) is 15.3. The number of primary amides is 2. The Morgan fingerprint density at radius 3 is 1.71 bits per heavy atom. The third-order valence-electron chi connectivity index (χ3n) is 8.10. The molecule has 0 aliphatic carbocycles. The van der Waals surface area contributed by atoms with Gasteiger partial charge >= 0.3 is 0 Å². The van der Waals surface area contributed by atoms with E-state index in [1.165, 1.54) is 0 Å². The summed E-state index contributed by atoms with van der Waals surface area (Å²) in [5.74, 6) is 1.40. The van der Waals surface area contributed by atoms with Gasteiger partial charge in [0.25, 0.3) is 0 Å². The van der Waals surface area contributed by atoms with Gasteiger partial charge in [0.15, 0.2) is 0 Å². The molecule has 0 aromatic rings. The van der Waals surface area contributed by atoms with Crippen LogP contribution in [0.2, 0.25) is 0 Å². The zero-order chi connectivity index (χ0) is 29.4. The minimum atomic E-state index is -0.349. The summed E-state index contributed by atoms with van der Waals surface area (Å²) in [5, 5.41) is 20.0. The first kappa shape index (κ1) is 37.2. The van der Waals surface area contributed by atoms with E-state index in [2.05, 4.69) is 50.5 Å². The molecule has 10 atom stereocenters. The Labute approximate surface area is 238 Å². The second-order valence-corrected chi connectivity index (χ2v) is 11.6. The van der Waals surface area contributed by atoms with Crippen molar-refractivity contribution in [2.45, 2.75) is 111 Å². The highest BCUT2D eigenvalue weighted by Gasteiger charge is 2.40. The normalized spacial score (nSPS) is 34.8. The van der Waals surface area contributed by atoms with Gasteiger partial charge < -0.3 is 35.9 Å². The van der Waals surface area contributed by atoms with Crippen LogP contribution in [0.3, 0.4) is 0 Å². The summed E-state index contributed by atoms with van der Waals surface area (Å²) >= 11 is 3.05. The average Bonchev–Trinajstić information content (AvgIpc) is 2.87. The summed E-state index contributed by atoms with van der Waals surface area (Å²) < 4.78 is 17.3. The number of ether oxygens (including phenoxy) is 3. The van der Waals surface area contributed by atoms with Gasteiger partial charge in [-0.15, -0.1) is 0 Å². The number of alkyl halides is 1. The Morgan fingerprint density at radius 2 is 1.26 bits per heavy atom. The maximum absolute atomic E-state index is 10.6. The molecular formula is C28H55BrN2O7. The standard InChI is InChI=1S/C14H27NO4.C11H22O2.C3H6BrNO/c1-4-11-9(2)14(17)10(3)12(19-11)8-18-7-5-6-13(15)16;1-5-10-8(3)7(2)9(4)11(6-12)13-10;4-2-1-3(5)6/h9-12,14,17H,4-8H2,1-3H3,(H2,15,16);7-12H,5-6H2,1-4H3;1-2H2,(H2,5,6)/t9?,10?,11-,12+,14+;7-,8?,9?,10+,11-;/m10./s1.